The summed E-state index contributed by atoms with van der Waals surface area (Å²) in [6.07, 6.45) is 6.49. The van der Waals surface area contributed by atoms with Gasteiger partial charge >= 0.3 is 5.97 Å². The van der Waals surface area contributed by atoms with Crippen LogP contribution in [0.3, 0.4) is 0 Å². The molecule has 1 aliphatic carbocycles. The van der Waals surface area contributed by atoms with Crippen LogP contribution >= 0.6 is 11.3 Å². The highest BCUT2D eigenvalue weighted by Gasteiger charge is 2.23. The second-order valence-electron chi connectivity index (χ2n) is 7.35. The fourth-order valence-electron chi connectivity index (χ4n) is 3.38. The van der Waals surface area contributed by atoms with E-state index >= 15 is 0 Å². The van der Waals surface area contributed by atoms with Gasteiger partial charge < -0.3 is 19.8 Å². The second kappa shape index (κ2) is 9.73. The predicted octanol–water partition coefficient (Wildman–Crippen LogP) is 4.14. The molecule has 2 amide bonds. The van der Waals surface area contributed by atoms with E-state index in [-0.39, 0.29) is 11.7 Å². The second-order valence-corrected chi connectivity index (χ2v) is 8.40. The molecule has 0 aromatic carbocycles. The van der Waals surface area contributed by atoms with Gasteiger partial charge in [0.1, 0.15) is 4.88 Å². The Bertz CT molecular complexity index is 853. The number of carbonyl (C=O) groups excluding carboxylic acids is 3. The van der Waals surface area contributed by atoms with Crippen molar-refractivity contribution in [1.82, 2.24) is 5.32 Å². The zero-order valence-corrected chi connectivity index (χ0v) is 17.5. The Morgan fingerprint density at radius 1 is 1.28 bits per heavy atom. The summed E-state index contributed by atoms with van der Waals surface area (Å²) in [4.78, 5) is 37.2. The SMILES string of the molecule is Cc1cc(NC(=O)c2ccco2)sc1C(=O)OC(C)C(=O)NCC1CCCCC1. The van der Waals surface area contributed by atoms with Crippen molar-refractivity contribution in [1.29, 1.82) is 0 Å². The monoisotopic (exact) mass is 418 g/mol. The number of hydrogen-bond donors (Lipinski definition) is 2. The Hall–Kier alpha value is -2.61. The molecule has 1 aliphatic rings. The molecule has 2 N–H and O–H groups in total. The molecule has 0 spiro atoms. The molecule has 0 radical (unpaired) electrons. The van der Waals surface area contributed by atoms with Gasteiger partial charge in [-0.25, -0.2) is 4.79 Å². The van der Waals surface area contributed by atoms with Crippen LogP contribution in [0.1, 0.15) is 64.8 Å². The van der Waals surface area contributed by atoms with Gasteiger partial charge in [-0.05, 0) is 56.4 Å². The first-order chi connectivity index (χ1) is 13.9. The molecule has 2 heterocycles. The molecule has 156 valence electrons. The number of hydrogen-bond acceptors (Lipinski definition) is 6. The molecule has 0 bridgehead atoms. The molecule has 3 rings (SSSR count). The molecule has 1 fully saturated rings. The van der Waals surface area contributed by atoms with Crippen molar-refractivity contribution in [2.24, 2.45) is 5.92 Å². The normalized spacial score (nSPS) is 15.5. The van der Waals surface area contributed by atoms with Crippen LogP contribution in [0.25, 0.3) is 0 Å². The summed E-state index contributed by atoms with van der Waals surface area (Å²) in [7, 11) is 0. The van der Waals surface area contributed by atoms with E-state index in [0.717, 1.165) is 24.2 Å². The van der Waals surface area contributed by atoms with Crippen molar-refractivity contribution in [3.8, 4) is 0 Å². The molecule has 1 saturated carbocycles. The van der Waals surface area contributed by atoms with Crippen LogP contribution in [0.2, 0.25) is 0 Å². The molecule has 8 heteroatoms. The lowest BCUT2D eigenvalue weighted by atomic mass is 9.89. The maximum absolute atomic E-state index is 12.5. The average molecular weight is 419 g/mol. The molecule has 2 aromatic heterocycles. The number of aryl methyl sites for hydroxylation is 1. The lowest BCUT2D eigenvalue weighted by Crippen LogP contribution is -2.38. The van der Waals surface area contributed by atoms with Gasteiger partial charge in [-0.1, -0.05) is 19.3 Å². The van der Waals surface area contributed by atoms with Crippen LogP contribution in [-0.2, 0) is 9.53 Å². The van der Waals surface area contributed by atoms with Crippen molar-refractivity contribution >= 4 is 34.1 Å². The quantitative estimate of drug-likeness (QED) is 0.659. The summed E-state index contributed by atoms with van der Waals surface area (Å²) in [5, 5.41) is 6.09. The minimum absolute atomic E-state index is 0.184. The molecule has 29 heavy (non-hydrogen) atoms. The highest BCUT2D eigenvalue weighted by Crippen LogP contribution is 2.28. The van der Waals surface area contributed by atoms with Crippen LogP contribution in [0.15, 0.2) is 28.9 Å². The number of carbonyl (C=O) groups is 3. The Labute approximate surface area is 173 Å². The number of furan rings is 1. The first kappa shape index (κ1) is 21.1. The van der Waals surface area contributed by atoms with E-state index in [2.05, 4.69) is 10.6 Å². The first-order valence-electron chi connectivity index (χ1n) is 9.88. The number of rotatable bonds is 7. The fraction of sp³-hybridized carbons (Fsp3) is 0.476. The number of ether oxygens (including phenoxy) is 1. The lowest BCUT2D eigenvalue weighted by Gasteiger charge is -2.22. The van der Waals surface area contributed by atoms with Gasteiger partial charge in [0.2, 0.25) is 0 Å². The molecule has 2 aromatic rings. The molecule has 7 nitrogen and oxygen atoms in total. The Morgan fingerprint density at radius 2 is 2.03 bits per heavy atom. The van der Waals surface area contributed by atoms with E-state index in [0.29, 0.717) is 27.9 Å². The third kappa shape index (κ3) is 5.69. The summed E-state index contributed by atoms with van der Waals surface area (Å²) in [6, 6.07) is 4.87. The van der Waals surface area contributed by atoms with E-state index in [1.54, 1.807) is 32.0 Å². The van der Waals surface area contributed by atoms with Crippen LogP contribution < -0.4 is 10.6 Å². The van der Waals surface area contributed by atoms with E-state index < -0.39 is 18.0 Å². The number of esters is 1. The summed E-state index contributed by atoms with van der Waals surface area (Å²) in [6.45, 7) is 3.95. The molecule has 0 saturated heterocycles. The number of thiophene rings is 1. The van der Waals surface area contributed by atoms with Crippen LogP contribution in [0.4, 0.5) is 5.00 Å². The predicted molar refractivity (Wildman–Crippen MR) is 110 cm³/mol. The highest BCUT2D eigenvalue weighted by atomic mass is 32.1. The zero-order valence-electron chi connectivity index (χ0n) is 16.7. The highest BCUT2D eigenvalue weighted by molar-refractivity contribution is 7.18. The van der Waals surface area contributed by atoms with Gasteiger partial charge in [0.05, 0.1) is 11.3 Å². The topological polar surface area (TPSA) is 97.6 Å². The summed E-state index contributed by atoms with van der Waals surface area (Å²) < 4.78 is 10.4. The van der Waals surface area contributed by atoms with Crippen molar-refractivity contribution < 1.29 is 23.5 Å². The van der Waals surface area contributed by atoms with Crippen molar-refractivity contribution in [2.75, 3.05) is 11.9 Å². The molecule has 0 aliphatic heterocycles. The third-order valence-electron chi connectivity index (χ3n) is 5.03. The van der Waals surface area contributed by atoms with Gasteiger partial charge in [0, 0.05) is 6.54 Å². The van der Waals surface area contributed by atoms with E-state index in [9.17, 15) is 14.4 Å². The number of amides is 2. The standard InChI is InChI=1S/C21H26N2O5S/c1-13-11-17(23-20(25)16-9-6-10-27-16)29-18(13)21(26)28-14(2)19(24)22-12-15-7-4-3-5-8-15/h6,9-11,14-15H,3-5,7-8,12H2,1-2H3,(H,22,24)(H,23,25). The van der Waals surface area contributed by atoms with Gasteiger partial charge in [-0.3, -0.25) is 9.59 Å². The molecule has 1 atom stereocenters. The Kier molecular flexibility index (Phi) is 7.09. The minimum Gasteiger partial charge on any atom is -0.459 e. The maximum atomic E-state index is 12.5. The van der Waals surface area contributed by atoms with Crippen LogP contribution in [0.5, 0.6) is 0 Å². The zero-order chi connectivity index (χ0) is 20.8. The van der Waals surface area contributed by atoms with Crippen molar-refractivity contribution in [3.05, 3.63) is 40.7 Å². The van der Waals surface area contributed by atoms with Crippen molar-refractivity contribution in [3.63, 3.8) is 0 Å². The van der Waals surface area contributed by atoms with E-state index in [1.807, 2.05) is 0 Å². The van der Waals surface area contributed by atoms with Gasteiger partial charge in [0.25, 0.3) is 11.8 Å². The minimum atomic E-state index is -0.881. The van der Waals surface area contributed by atoms with E-state index in [4.69, 9.17) is 9.15 Å². The van der Waals surface area contributed by atoms with Crippen LogP contribution in [-0.4, -0.2) is 30.4 Å². The molecular weight excluding hydrogens is 392 g/mol. The first-order valence-corrected chi connectivity index (χ1v) is 10.7. The maximum Gasteiger partial charge on any atom is 0.349 e. The summed E-state index contributed by atoms with van der Waals surface area (Å²) in [5.41, 5.74) is 0.671. The fourth-order valence-corrected chi connectivity index (χ4v) is 4.33. The third-order valence-corrected chi connectivity index (χ3v) is 6.16. The smallest absolute Gasteiger partial charge is 0.349 e. The van der Waals surface area contributed by atoms with E-state index in [1.165, 1.54) is 25.5 Å². The summed E-state index contributed by atoms with van der Waals surface area (Å²) in [5.74, 6) is -0.568. The van der Waals surface area contributed by atoms with Gasteiger partial charge in [-0.15, -0.1) is 11.3 Å². The largest absolute Gasteiger partial charge is 0.459 e. The van der Waals surface area contributed by atoms with Gasteiger partial charge in [-0.2, -0.15) is 0 Å². The molecule has 1 unspecified atom stereocenters. The number of anilines is 1. The summed E-state index contributed by atoms with van der Waals surface area (Å²) >= 11 is 1.10. The number of nitrogens with one attached hydrogen (secondary N) is 2. The Balaban J connectivity index is 1.52. The average Bonchev–Trinajstić information content (AvgIpc) is 3.36. The lowest BCUT2D eigenvalue weighted by molar-refractivity contribution is -0.129. The molecular formula is C21H26N2O5S. The van der Waals surface area contributed by atoms with Crippen LogP contribution in [0, 0.1) is 12.8 Å². The van der Waals surface area contributed by atoms with Gasteiger partial charge in [0.15, 0.2) is 11.9 Å². The van der Waals surface area contributed by atoms with Crippen molar-refractivity contribution in [2.45, 2.75) is 52.1 Å². The Morgan fingerprint density at radius 3 is 2.72 bits per heavy atom.